The van der Waals surface area contributed by atoms with Gasteiger partial charge in [0.05, 0.1) is 6.61 Å². The van der Waals surface area contributed by atoms with Gasteiger partial charge < -0.3 is 4.74 Å². The second-order valence-corrected chi connectivity index (χ2v) is 3.98. The number of carbonyl (C=O) groups excluding carboxylic acids is 1. The van der Waals surface area contributed by atoms with Gasteiger partial charge in [-0.05, 0) is 18.8 Å². The highest BCUT2D eigenvalue weighted by atomic mass is 16.5. The van der Waals surface area contributed by atoms with Gasteiger partial charge in [0.25, 0.3) is 0 Å². The van der Waals surface area contributed by atoms with E-state index in [1.165, 1.54) is 6.08 Å². The van der Waals surface area contributed by atoms with Gasteiger partial charge in [0.2, 0.25) is 0 Å². The van der Waals surface area contributed by atoms with Crippen LogP contribution >= 0.6 is 0 Å². The van der Waals surface area contributed by atoms with Gasteiger partial charge in [-0.2, -0.15) is 0 Å². The van der Waals surface area contributed by atoms with Crippen LogP contribution < -0.4 is 0 Å². The summed E-state index contributed by atoms with van der Waals surface area (Å²) < 4.78 is 4.93. The summed E-state index contributed by atoms with van der Waals surface area (Å²) in [6.07, 6.45) is 4.01. The summed E-state index contributed by atoms with van der Waals surface area (Å²) >= 11 is 0. The molecule has 0 bridgehead atoms. The number of esters is 1. The second kappa shape index (κ2) is 4.96. The zero-order valence-electron chi connectivity index (χ0n) is 8.39. The SMILES string of the molecule is CC=CC(=O)OCCC(C)(C)C. The first kappa shape index (κ1) is 11.2. The minimum atomic E-state index is -0.248. The molecule has 2 heteroatoms. The van der Waals surface area contributed by atoms with Gasteiger partial charge in [0, 0.05) is 6.08 Å². The van der Waals surface area contributed by atoms with Gasteiger partial charge in [0.1, 0.15) is 0 Å². The van der Waals surface area contributed by atoms with Crippen molar-refractivity contribution in [1.29, 1.82) is 0 Å². The molecule has 70 valence electrons. The fraction of sp³-hybridized carbons (Fsp3) is 0.700. The Morgan fingerprint density at radius 2 is 2.00 bits per heavy atom. The molecule has 0 aromatic rings. The summed E-state index contributed by atoms with van der Waals surface area (Å²) in [7, 11) is 0. The van der Waals surface area contributed by atoms with E-state index in [9.17, 15) is 4.79 Å². The molecule has 0 spiro atoms. The summed E-state index contributed by atoms with van der Waals surface area (Å²) in [5, 5.41) is 0. The molecule has 0 atom stereocenters. The molecular weight excluding hydrogens is 152 g/mol. The average Bonchev–Trinajstić information content (AvgIpc) is 1.84. The smallest absolute Gasteiger partial charge is 0.330 e. The molecule has 0 aliphatic heterocycles. The number of allylic oxidation sites excluding steroid dienone is 1. The highest BCUT2D eigenvalue weighted by molar-refractivity contribution is 5.81. The Balaban J connectivity index is 3.51. The summed E-state index contributed by atoms with van der Waals surface area (Å²) in [4.78, 5) is 10.8. The molecule has 0 saturated heterocycles. The van der Waals surface area contributed by atoms with Crippen molar-refractivity contribution in [3.05, 3.63) is 12.2 Å². The quantitative estimate of drug-likeness (QED) is 0.480. The predicted molar refractivity (Wildman–Crippen MR) is 49.8 cm³/mol. The van der Waals surface area contributed by atoms with Gasteiger partial charge in [-0.15, -0.1) is 0 Å². The molecular formula is C10H18O2. The second-order valence-electron chi connectivity index (χ2n) is 3.98. The van der Waals surface area contributed by atoms with Crippen molar-refractivity contribution < 1.29 is 9.53 Å². The topological polar surface area (TPSA) is 26.3 Å². The van der Waals surface area contributed by atoms with Crippen LogP contribution in [0.3, 0.4) is 0 Å². The van der Waals surface area contributed by atoms with Crippen molar-refractivity contribution in [2.75, 3.05) is 6.61 Å². The van der Waals surface area contributed by atoms with E-state index in [-0.39, 0.29) is 11.4 Å². The average molecular weight is 170 g/mol. The van der Waals surface area contributed by atoms with Gasteiger partial charge in [-0.1, -0.05) is 26.8 Å². The fourth-order valence-corrected chi connectivity index (χ4v) is 0.642. The molecule has 0 fully saturated rings. The van der Waals surface area contributed by atoms with Crippen LogP contribution in [0.1, 0.15) is 34.1 Å². The van der Waals surface area contributed by atoms with Crippen LogP contribution in [0.25, 0.3) is 0 Å². The first-order valence-electron chi connectivity index (χ1n) is 4.25. The van der Waals surface area contributed by atoms with E-state index in [1.807, 2.05) is 0 Å². The lowest BCUT2D eigenvalue weighted by Crippen LogP contribution is -2.11. The molecule has 0 N–H and O–H groups in total. The molecule has 0 saturated carbocycles. The summed E-state index contributed by atoms with van der Waals surface area (Å²) in [6, 6.07) is 0. The third-order valence-corrected chi connectivity index (χ3v) is 1.40. The van der Waals surface area contributed by atoms with E-state index in [2.05, 4.69) is 20.8 Å². The Morgan fingerprint density at radius 3 is 2.42 bits per heavy atom. The van der Waals surface area contributed by atoms with Crippen LogP contribution in [0.15, 0.2) is 12.2 Å². The first-order valence-corrected chi connectivity index (χ1v) is 4.25. The molecule has 0 aliphatic rings. The highest BCUT2D eigenvalue weighted by Gasteiger charge is 2.10. The monoisotopic (exact) mass is 170 g/mol. The third kappa shape index (κ3) is 7.32. The van der Waals surface area contributed by atoms with Crippen LogP contribution in [0.5, 0.6) is 0 Å². The first-order chi connectivity index (χ1) is 5.45. The van der Waals surface area contributed by atoms with E-state index in [0.29, 0.717) is 6.61 Å². The minimum absolute atomic E-state index is 0.232. The van der Waals surface area contributed by atoms with Crippen molar-refractivity contribution in [3.63, 3.8) is 0 Å². The Kier molecular flexibility index (Phi) is 4.64. The Hall–Kier alpha value is -0.790. The maximum atomic E-state index is 10.8. The van der Waals surface area contributed by atoms with Crippen molar-refractivity contribution in [3.8, 4) is 0 Å². The summed E-state index contributed by atoms with van der Waals surface area (Å²) in [5.74, 6) is -0.248. The number of hydrogen-bond acceptors (Lipinski definition) is 2. The number of ether oxygens (including phenoxy) is 1. The number of rotatable bonds is 3. The van der Waals surface area contributed by atoms with Crippen molar-refractivity contribution in [2.24, 2.45) is 5.41 Å². The summed E-state index contributed by atoms with van der Waals surface area (Å²) in [5.41, 5.74) is 0.232. The molecule has 0 amide bonds. The molecule has 0 rings (SSSR count). The van der Waals surface area contributed by atoms with E-state index in [0.717, 1.165) is 6.42 Å². The third-order valence-electron chi connectivity index (χ3n) is 1.40. The minimum Gasteiger partial charge on any atom is -0.463 e. The maximum Gasteiger partial charge on any atom is 0.330 e. The largest absolute Gasteiger partial charge is 0.463 e. The molecule has 0 aromatic carbocycles. The summed E-state index contributed by atoms with van der Waals surface area (Å²) in [6.45, 7) is 8.67. The van der Waals surface area contributed by atoms with E-state index in [1.54, 1.807) is 13.0 Å². The van der Waals surface area contributed by atoms with Gasteiger partial charge in [0.15, 0.2) is 0 Å². The highest BCUT2D eigenvalue weighted by Crippen LogP contribution is 2.17. The lowest BCUT2D eigenvalue weighted by molar-refractivity contribution is -0.138. The van der Waals surface area contributed by atoms with Crippen LogP contribution in [0.2, 0.25) is 0 Å². The molecule has 2 nitrogen and oxygen atoms in total. The lowest BCUT2D eigenvalue weighted by atomic mass is 9.93. The van der Waals surface area contributed by atoms with Crippen LogP contribution in [0.4, 0.5) is 0 Å². The van der Waals surface area contributed by atoms with Crippen molar-refractivity contribution >= 4 is 5.97 Å². The van der Waals surface area contributed by atoms with E-state index in [4.69, 9.17) is 4.74 Å². The number of hydrogen-bond donors (Lipinski definition) is 0. The Bertz CT molecular complexity index is 163. The van der Waals surface area contributed by atoms with Crippen LogP contribution in [-0.2, 0) is 9.53 Å². The zero-order chi connectivity index (χ0) is 9.61. The standard InChI is InChI=1S/C10H18O2/c1-5-6-9(11)12-8-7-10(2,3)4/h5-6H,7-8H2,1-4H3. The van der Waals surface area contributed by atoms with Crippen molar-refractivity contribution in [1.82, 2.24) is 0 Å². The van der Waals surface area contributed by atoms with Gasteiger partial charge in [-0.3, -0.25) is 0 Å². The van der Waals surface area contributed by atoms with Gasteiger partial charge >= 0.3 is 5.97 Å². The molecule has 0 unspecified atom stereocenters. The zero-order valence-corrected chi connectivity index (χ0v) is 8.39. The normalized spacial score (nSPS) is 12.0. The van der Waals surface area contributed by atoms with Crippen molar-refractivity contribution in [2.45, 2.75) is 34.1 Å². The molecule has 0 aliphatic carbocycles. The van der Waals surface area contributed by atoms with E-state index < -0.39 is 0 Å². The Morgan fingerprint density at radius 1 is 1.42 bits per heavy atom. The molecule has 0 aromatic heterocycles. The lowest BCUT2D eigenvalue weighted by Gasteiger charge is -2.16. The van der Waals surface area contributed by atoms with Crippen LogP contribution in [0, 0.1) is 5.41 Å². The van der Waals surface area contributed by atoms with E-state index >= 15 is 0 Å². The Labute approximate surface area is 74.6 Å². The molecule has 12 heavy (non-hydrogen) atoms. The number of carbonyl (C=O) groups is 1. The molecule has 0 radical (unpaired) electrons. The van der Waals surface area contributed by atoms with Crippen LogP contribution in [-0.4, -0.2) is 12.6 Å². The molecule has 0 heterocycles. The maximum absolute atomic E-state index is 10.8. The predicted octanol–water partition coefficient (Wildman–Crippen LogP) is 2.54. The fourth-order valence-electron chi connectivity index (χ4n) is 0.642. The van der Waals surface area contributed by atoms with Gasteiger partial charge in [-0.25, -0.2) is 4.79 Å².